The van der Waals surface area contributed by atoms with Crippen LogP contribution in [0.4, 0.5) is 0 Å². The molecule has 2 aliphatic heterocycles. The first-order valence-electron chi connectivity index (χ1n) is 11.6. The second-order valence-corrected chi connectivity index (χ2v) is 8.70. The van der Waals surface area contributed by atoms with E-state index in [1.165, 1.54) is 0 Å². The number of rotatable bonds is 6. The number of aryl methyl sites for hydroxylation is 2. The van der Waals surface area contributed by atoms with Gasteiger partial charge in [-0.3, -0.25) is 14.6 Å². The standard InChI is InChI=1S/C23H32N6O3/c1-3-20-25-21(32-26-20)8-9-22(30)29-10-4-5-18(16-29)19-7-6-17(15-24-19)23(31)28-13-11-27(2)12-14-28/h6-7,15,18H,3-5,8-14,16H2,1-2H3/t18-/m0/s1. The molecular formula is C23H32N6O3. The van der Waals surface area contributed by atoms with Crippen LogP contribution in [0, 0.1) is 0 Å². The average molecular weight is 441 g/mol. The molecule has 2 aliphatic rings. The number of carbonyl (C=O) groups is 2. The minimum atomic E-state index is 0.0462. The summed E-state index contributed by atoms with van der Waals surface area (Å²) in [6.45, 7) is 6.68. The minimum absolute atomic E-state index is 0.0462. The summed E-state index contributed by atoms with van der Waals surface area (Å²) in [5, 5.41) is 3.88. The summed E-state index contributed by atoms with van der Waals surface area (Å²) >= 11 is 0. The zero-order valence-corrected chi connectivity index (χ0v) is 19.0. The van der Waals surface area contributed by atoms with Gasteiger partial charge < -0.3 is 19.2 Å². The van der Waals surface area contributed by atoms with Crippen LogP contribution in [0.2, 0.25) is 0 Å². The predicted molar refractivity (Wildman–Crippen MR) is 118 cm³/mol. The zero-order valence-electron chi connectivity index (χ0n) is 19.0. The fraction of sp³-hybridized carbons (Fsp3) is 0.609. The van der Waals surface area contributed by atoms with Crippen LogP contribution in [0.15, 0.2) is 22.9 Å². The average Bonchev–Trinajstić information content (AvgIpc) is 3.31. The Morgan fingerprint density at radius 3 is 2.62 bits per heavy atom. The van der Waals surface area contributed by atoms with Crippen LogP contribution in [-0.2, 0) is 17.6 Å². The van der Waals surface area contributed by atoms with Crippen LogP contribution >= 0.6 is 0 Å². The zero-order chi connectivity index (χ0) is 22.5. The lowest BCUT2D eigenvalue weighted by Gasteiger charge is -2.33. The molecular weight excluding hydrogens is 408 g/mol. The molecule has 2 aromatic rings. The van der Waals surface area contributed by atoms with E-state index in [1.807, 2.05) is 28.9 Å². The summed E-state index contributed by atoms with van der Waals surface area (Å²) in [4.78, 5) is 40.4. The Labute approximate surface area is 188 Å². The van der Waals surface area contributed by atoms with Crippen molar-refractivity contribution in [3.05, 3.63) is 41.3 Å². The number of hydrogen-bond donors (Lipinski definition) is 0. The van der Waals surface area contributed by atoms with Crippen molar-refractivity contribution in [3.8, 4) is 0 Å². The molecule has 4 heterocycles. The summed E-state index contributed by atoms with van der Waals surface area (Å²) < 4.78 is 5.19. The largest absolute Gasteiger partial charge is 0.342 e. The van der Waals surface area contributed by atoms with Crippen molar-refractivity contribution < 1.29 is 14.1 Å². The smallest absolute Gasteiger partial charge is 0.255 e. The van der Waals surface area contributed by atoms with E-state index in [-0.39, 0.29) is 17.7 Å². The van der Waals surface area contributed by atoms with Gasteiger partial charge in [0.15, 0.2) is 5.82 Å². The summed E-state index contributed by atoms with van der Waals surface area (Å²) in [6.07, 6.45) is 5.18. The van der Waals surface area contributed by atoms with E-state index >= 15 is 0 Å². The summed E-state index contributed by atoms with van der Waals surface area (Å²) in [7, 11) is 2.07. The third-order valence-electron chi connectivity index (χ3n) is 6.40. The maximum atomic E-state index is 12.7. The van der Waals surface area contributed by atoms with Crippen LogP contribution in [0.5, 0.6) is 0 Å². The number of amides is 2. The third kappa shape index (κ3) is 5.32. The molecule has 0 spiro atoms. The lowest BCUT2D eigenvalue weighted by atomic mass is 9.93. The van der Waals surface area contributed by atoms with E-state index in [1.54, 1.807) is 6.20 Å². The fourth-order valence-electron chi connectivity index (χ4n) is 4.32. The first-order valence-corrected chi connectivity index (χ1v) is 11.6. The summed E-state index contributed by atoms with van der Waals surface area (Å²) in [6, 6.07) is 3.83. The van der Waals surface area contributed by atoms with Crippen molar-refractivity contribution >= 4 is 11.8 Å². The number of hydrogen-bond acceptors (Lipinski definition) is 7. The maximum absolute atomic E-state index is 12.7. The van der Waals surface area contributed by atoms with Crippen LogP contribution < -0.4 is 0 Å². The lowest BCUT2D eigenvalue weighted by molar-refractivity contribution is -0.132. The molecule has 32 heavy (non-hydrogen) atoms. The van der Waals surface area contributed by atoms with E-state index in [0.29, 0.717) is 36.7 Å². The molecule has 9 heteroatoms. The first-order chi connectivity index (χ1) is 15.5. The molecule has 2 saturated heterocycles. The van der Waals surface area contributed by atoms with Crippen LogP contribution in [0.1, 0.15) is 59.9 Å². The first kappa shape index (κ1) is 22.4. The molecule has 2 amide bonds. The molecule has 0 unspecified atom stereocenters. The van der Waals surface area contributed by atoms with E-state index in [2.05, 4.69) is 27.1 Å². The Bertz CT molecular complexity index is 920. The van der Waals surface area contributed by atoms with Crippen molar-refractivity contribution in [2.45, 2.75) is 44.9 Å². The highest BCUT2D eigenvalue weighted by Crippen LogP contribution is 2.26. The Morgan fingerprint density at radius 2 is 1.94 bits per heavy atom. The van der Waals surface area contributed by atoms with Gasteiger partial charge in [-0.25, -0.2) is 0 Å². The monoisotopic (exact) mass is 440 g/mol. The van der Waals surface area contributed by atoms with Gasteiger partial charge in [0.1, 0.15) is 0 Å². The quantitative estimate of drug-likeness (QED) is 0.675. The number of aromatic nitrogens is 3. The molecule has 0 N–H and O–H groups in total. The second kappa shape index (κ2) is 10.2. The van der Waals surface area contributed by atoms with E-state index < -0.39 is 0 Å². The molecule has 4 rings (SSSR count). The number of carbonyl (C=O) groups excluding carboxylic acids is 2. The Morgan fingerprint density at radius 1 is 1.12 bits per heavy atom. The predicted octanol–water partition coefficient (Wildman–Crippen LogP) is 1.75. The Hall–Kier alpha value is -2.81. The molecule has 0 aliphatic carbocycles. The van der Waals surface area contributed by atoms with Gasteiger partial charge in [0.2, 0.25) is 11.8 Å². The molecule has 0 radical (unpaired) electrons. The second-order valence-electron chi connectivity index (χ2n) is 8.70. The molecule has 2 fully saturated rings. The highest BCUT2D eigenvalue weighted by molar-refractivity contribution is 5.94. The molecule has 0 saturated carbocycles. The molecule has 172 valence electrons. The number of nitrogens with zero attached hydrogens (tertiary/aromatic N) is 6. The van der Waals surface area contributed by atoms with Crippen molar-refractivity contribution in [3.63, 3.8) is 0 Å². The van der Waals surface area contributed by atoms with Crippen molar-refractivity contribution in [1.82, 2.24) is 29.8 Å². The van der Waals surface area contributed by atoms with Crippen molar-refractivity contribution in [2.24, 2.45) is 0 Å². The number of likely N-dealkylation sites (tertiary alicyclic amines) is 1. The normalized spacial score (nSPS) is 19.9. The summed E-state index contributed by atoms with van der Waals surface area (Å²) in [5.41, 5.74) is 1.58. The Balaban J connectivity index is 1.31. The van der Waals surface area contributed by atoms with Crippen LogP contribution in [-0.4, -0.2) is 88.0 Å². The highest BCUT2D eigenvalue weighted by Gasteiger charge is 2.26. The van der Waals surface area contributed by atoms with E-state index in [0.717, 1.165) is 57.7 Å². The van der Waals surface area contributed by atoms with Crippen molar-refractivity contribution in [2.75, 3.05) is 46.3 Å². The van der Waals surface area contributed by atoms with Crippen LogP contribution in [0.3, 0.4) is 0 Å². The number of piperidine rings is 1. The fourth-order valence-corrected chi connectivity index (χ4v) is 4.32. The molecule has 1 atom stereocenters. The number of likely N-dealkylation sites (N-methyl/N-ethyl adjacent to an activating group) is 1. The lowest BCUT2D eigenvalue weighted by Crippen LogP contribution is -2.47. The topological polar surface area (TPSA) is 95.7 Å². The van der Waals surface area contributed by atoms with Crippen molar-refractivity contribution in [1.29, 1.82) is 0 Å². The van der Waals surface area contributed by atoms with Crippen LogP contribution in [0.25, 0.3) is 0 Å². The Kier molecular flexibility index (Phi) is 7.14. The van der Waals surface area contributed by atoms with Gasteiger partial charge in [-0.1, -0.05) is 12.1 Å². The summed E-state index contributed by atoms with van der Waals surface area (Å²) in [5.74, 6) is 1.53. The van der Waals surface area contributed by atoms with Gasteiger partial charge in [-0.05, 0) is 32.0 Å². The highest BCUT2D eigenvalue weighted by atomic mass is 16.5. The van der Waals surface area contributed by atoms with E-state index in [9.17, 15) is 9.59 Å². The van der Waals surface area contributed by atoms with Gasteiger partial charge >= 0.3 is 0 Å². The van der Waals surface area contributed by atoms with Gasteiger partial charge in [0.05, 0.1) is 5.56 Å². The third-order valence-corrected chi connectivity index (χ3v) is 6.40. The minimum Gasteiger partial charge on any atom is -0.342 e. The van der Waals surface area contributed by atoms with Gasteiger partial charge in [0, 0.05) is 76.3 Å². The van der Waals surface area contributed by atoms with Gasteiger partial charge in [0.25, 0.3) is 5.91 Å². The molecule has 9 nitrogen and oxygen atoms in total. The number of pyridine rings is 1. The molecule has 0 bridgehead atoms. The van der Waals surface area contributed by atoms with Gasteiger partial charge in [-0.2, -0.15) is 4.98 Å². The SMILES string of the molecule is CCc1noc(CCC(=O)N2CCC[C@H](c3ccc(C(=O)N4CCN(C)CC4)cn3)C2)n1. The number of piperazine rings is 1. The van der Waals surface area contributed by atoms with E-state index in [4.69, 9.17) is 4.52 Å². The molecule has 2 aromatic heterocycles. The molecule has 0 aromatic carbocycles. The maximum Gasteiger partial charge on any atom is 0.255 e. The van der Waals surface area contributed by atoms with Gasteiger partial charge in [-0.15, -0.1) is 0 Å².